The number of carbonyl (C=O) groups is 1. The highest BCUT2D eigenvalue weighted by molar-refractivity contribution is 7.99. The predicted molar refractivity (Wildman–Crippen MR) is 110 cm³/mol. The molecule has 7 nitrogen and oxygen atoms in total. The van der Waals surface area contributed by atoms with E-state index in [1.165, 1.54) is 22.9 Å². The van der Waals surface area contributed by atoms with Crippen LogP contribution in [0.15, 0.2) is 33.9 Å². The maximum atomic E-state index is 12.7. The summed E-state index contributed by atoms with van der Waals surface area (Å²) in [7, 11) is -1.06. The third-order valence-corrected chi connectivity index (χ3v) is 8.40. The maximum absolute atomic E-state index is 12.7. The van der Waals surface area contributed by atoms with Gasteiger partial charge in [0, 0.05) is 13.5 Å². The number of rotatable bonds is 6. The zero-order valence-corrected chi connectivity index (χ0v) is 18.0. The molecule has 156 valence electrons. The Morgan fingerprint density at radius 2 is 2.10 bits per heavy atom. The Morgan fingerprint density at radius 3 is 2.90 bits per heavy atom. The zero-order valence-electron chi connectivity index (χ0n) is 16.4. The molecule has 1 aliphatic carbocycles. The molecular formula is C20H25N3O4S2. The van der Waals surface area contributed by atoms with Crippen molar-refractivity contribution < 1.29 is 17.6 Å². The molecule has 0 saturated carbocycles. The second-order valence-electron chi connectivity index (χ2n) is 7.84. The van der Waals surface area contributed by atoms with Crippen LogP contribution in [0, 0.1) is 5.92 Å². The van der Waals surface area contributed by atoms with Gasteiger partial charge in [-0.2, -0.15) is 0 Å². The molecule has 0 bridgehead atoms. The number of carbonyl (C=O) groups excluding carboxylic acids is 1. The third-order valence-electron chi connectivity index (χ3n) is 5.76. The summed E-state index contributed by atoms with van der Waals surface area (Å²) < 4.78 is 28.8. The second-order valence-corrected chi connectivity index (χ2v) is 11.0. The predicted octanol–water partition coefficient (Wildman–Crippen LogP) is 2.67. The van der Waals surface area contributed by atoms with Crippen molar-refractivity contribution in [2.75, 3.05) is 24.3 Å². The van der Waals surface area contributed by atoms with E-state index in [1.54, 1.807) is 0 Å². The molecule has 0 spiro atoms. The van der Waals surface area contributed by atoms with Gasteiger partial charge in [0.2, 0.25) is 11.8 Å². The molecular weight excluding hydrogens is 410 g/mol. The summed E-state index contributed by atoms with van der Waals surface area (Å²) in [6.45, 7) is 0. The van der Waals surface area contributed by atoms with Gasteiger partial charge >= 0.3 is 0 Å². The van der Waals surface area contributed by atoms with E-state index in [0.29, 0.717) is 24.0 Å². The van der Waals surface area contributed by atoms with Crippen molar-refractivity contribution >= 4 is 27.5 Å². The molecule has 1 amide bonds. The van der Waals surface area contributed by atoms with Gasteiger partial charge in [0.05, 0.1) is 23.3 Å². The van der Waals surface area contributed by atoms with Crippen LogP contribution in [0.3, 0.4) is 0 Å². The van der Waals surface area contributed by atoms with Crippen molar-refractivity contribution in [2.45, 2.75) is 43.4 Å². The number of fused-ring (bicyclic) bond motifs is 1. The minimum atomic E-state index is -2.92. The van der Waals surface area contributed by atoms with Gasteiger partial charge in [-0.1, -0.05) is 36.0 Å². The minimum absolute atomic E-state index is 0.0262. The molecule has 2 aliphatic rings. The van der Waals surface area contributed by atoms with Crippen molar-refractivity contribution in [1.82, 2.24) is 15.1 Å². The van der Waals surface area contributed by atoms with Crippen LogP contribution in [-0.2, 0) is 27.5 Å². The number of benzene rings is 1. The largest absolute Gasteiger partial charge is 0.416 e. The fraction of sp³-hybridized carbons (Fsp3) is 0.550. The molecule has 9 heteroatoms. The van der Waals surface area contributed by atoms with E-state index in [4.69, 9.17) is 4.42 Å². The summed E-state index contributed by atoms with van der Waals surface area (Å²) >= 11 is 1.23. The average molecular weight is 436 g/mol. The standard InChI is InChI=1S/C20H25N3O4S2/c1-23(17-8-4-6-15-5-2-3-7-16(15)17)19(24)12-28-20-22-21-18(27-20)11-14-9-10-29(25,26)13-14/h2-3,5,7,14,17H,4,6,8-13H2,1H3. The van der Waals surface area contributed by atoms with E-state index >= 15 is 0 Å². The Balaban J connectivity index is 1.32. The Morgan fingerprint density at radius 1 is 1.28 bits per heavy atom. The van der Waals surface area contributed by atoms with E-state index in [2.05, 4.69) is 22.3 Å². The van der Waals surface area contributed by atoms with Crippen LogP contribution >= 0.6 is 11.8 Å². The minimum Gasteiger partial charge on any atom is -0.416 e. The number of sulfone groups is 1. The number of thioether (sulfide) groups is 1. The first-order chi connectivity index (χ1) is 13.9. The number of aryl methyl sites for hydroxylation is 1. The van der Waals surface area contributed by atoms with Crippen LogP contribution in [0.5, 0.6) is 0 Å². The Labute approximate surface area is 175 Å². The van der Waals surface area contributed by atoms with E-state index in [1.807, 2.05) is 24.1 Å². The fourth-order valence-electron chi connectivity index (χ4n) is 4.19. The Hall–Kier alpha value is -1.87. The molecule has 2 unspecified atom stereocenters. The van der Waals surface area contributed by atoms with E-state index < -0.39 is 9.84 Å². The van der Waals surface area contributed by atoms with Crippen molar-refractivity contribution in [3.05, 3.63) is 41.3 Å². The van der Waals surface area contributed by atoms with Crippen molar-refractivity contribution in [3.8, 4) is 0 Å². The van der Waals surface area contributed by atoms with Gasteiger partial charge in [-0.25, -0.2) is 8.42 Å². The molecule has 2 heterocycles. The molecule has 1 aliphatic heterocycles. The summed E-state index contributed by atoms with van der Waals surface area (Å²) in [6, 6.07) is 8.44. The monoisotopic (exact) mass is 435 g/mol. The maximum Gasteiger partial charge on any atom is 0.277 e. The van der Waals surface area contributed by atoms with Gasteiger partial charge in [0.1, 0.15) is 0 Å². The number of aromatic nitrogens is 2. The van der Waals surface area contributed by atoms with Gasteiger partial charge in [-0.05, 0) is 42.7 Å². The lowest BCUT2D eigenvalue weighted by Crippen LogP contribution is -2.34. The number of hydrogen-bond donors (Lipinski definition) is 0. The lowest BCUT2D eigenvalue weighted by Gasteiger charge is -2.33. The SMILES string of the molecule is CN(C(=O)CSc1nnc(CC2CCS(=O)(=O)C2)o1)C1CCCc2ccccc21. The molecule has 1 aromatic carbocycles. The molecule has 1 aromatic heterocycles. The summed E-state index contributed by atoms with van der Waals surface area (Å²) in [5.74, 6) is 1.16. The van der Waals surface area contributed by atoms with Crippen molar-refractivity contribution in [2.24, 2.45) is 5.92 Å². The van der Waals surface area contributed by atoms with Crippen LogP contribution in [-0.4, -0.2) is 53.7 Å². The average Bonchev–Trinajstić information content (AvgIpc) is 3.30. The third kappa shape index (κ3) is 4.83. The summed E-state index contributed by atoms with van der Waals surface area (Å²) in [5.41, 5.74) is 2.57. The van der Waals surface area contributed by atoms with Crippen LogP contribution in [0.25, 0.3) is 0 Å². The normalized spacial score (nSPS) is 22.9. The molecule has 1 saturated heterocycles. The first kappa shape index (κ1) is 20.4. The molecule has 4 rings (SSSR count). The zero-order chi connectivity index (χ0) is 20.4. The molecule has 2 atom stereocenters. The Bertz CT molecular complexity index is 989. The molecule has 29 heavy (non-hydrogen) atoms. The first-order valence-corrected chi connectivity index (χ1v) is 12.7. The molecule has 0 radical (unpaired) electrons. The van der Waals surface area contributed by atoms with Gasteiger partial charge in [-0.3, -0.25) is 4.79 Å². The summed E-state index contributed by atoms with van der Waals surface area (Å²) in [4.78, 5) is 14.6. The van der Waals surface area contributed by atoms with Gasteiger partial charge in [0.25, 0.3) is 5.22 Å². The first-order valence-electron chi connectivity index (χ1n) is 9.90. The topological polar surface area (TPSA) is 93.4 Å². The highest BCUT2D eigenvalue weighted by atomic mass is 32.2. The number of amides is 1. The lowest BCUT2D eigenvalue weighted by molar-refractivity contribution is -0.129. The van der Waals surface area contributed by atoms with Crippen LogP contribution in [0.2, 0.25) is 0 Å². The molecule has 0 N–H and O–H groups in total. The number of hydrogen-bond acceptors (Lipinski definition) is 7. The summed E-state index contributed by atoms with van der Waals surface area (Å²) in [5, 5.41) is 8.37. The Kier molecular flexibility index (Phi) is 5.96. The van der Waals surface area contributed by atoms with Gasteiger partial charge in [0.15, 0.2) is 9.84 Å². The number of nitrogens with zero attached hydrogens (tertiary/aromatic N) is 3. The molecule has 1 fully saturated rings. The highest BCUT2D eigenvalue weighted by Gasteiger charge is 2.30. The summed E-state index contributed by atoms with van der Waals surface area (Å²) in [6.07, 6.45) is 4.23. The quantitative estimate of drug-likeness (QED) is 0.644. The van der Waals surface area contributed by atoms with E-state index in [-0.39, 0.29) is 35.1 Å². The lowest BCUT2D eigenvalue weighted by atomic mass is 9.87. The second kappa shape index (κ2) is 8.47. The fourth-order valence-corrected chi connectivity index (χ4v) is 6.75. The smallest absolute Gasteiger partial charge is 0.277 e. The van der Waals surface area contributed by atoms with Gasteiger partial charge < -0.3 is 9.32 Å². The highest BCUT2D eigenvalue weighted by Crippen LogP contribution is 2.34. The molecule has 2 aromatic rings. The van der Waals surface area contributed by atoms with Gasteiger partial charge in [-0.15, -0.1) is 10.2 Å². The van der Waals surface area contributed by atoms with Crippen molar-refractivity contribution in [3.63, 3.8) is 0 Å². The van der Waals surface area contributed by atoms with Crippen LogP contribution < -0.4 is 0 Å². The van der Waals surface area contributed by atoms with Crippen LogP contribution in [0.4, 0.5) is 0 Å². The van der Waals surface area contributed by atoms with E-state index in [0.717, 1.165) is 19.3 Å². The van der Waals surface area contributed by atoms with Crippen molar-refractivity contribution in [1.29, 1.82) is 0 Å². The van der Waals surface area contributed by atoms with E-state index in [9.17, 15) is 13.2 Å². The van der Waals surface area contributed by atoms with Crippen LogP contribution in [0.1, 0.15) is 42.3 Å².